The molecule has 0 radical (unpaired) electrons. The molecule has 3 aromatic rings. The zero-order chi connectivity index (χ0) is 21.4. The number of pyridine rings is 1. The summed E-state index contributed by atoms with van der Waals surface area (Å²) in [4.78, 5) is 26.2. The van der Waals surface area contributed by atoms with Crippen molar-refractivity contribution in [2.45, 2.75) is 25.5 Å². The Hall–Kier alpha value is -3.23. The number of hydrogen-bond donors (Lipinski definition) is 3. The first-order chi connectivity index (χ1) is 15.1. The van der Waals surface area contributed by atoms with Gasteiger partial charge < -0.3 is 19.9 Å². The zero-order valence-electron chi connectivity index (χ0n) is 17.0. The van der Waals surface area contributed by atoms with E-state index >= 15 is 0 Å². The van der Waals surface area contributed by atoms with Crippen molar-refractivity contribution >= 4 is 39.4 Å². The highest BCUT2D eigenvalue weighted by Crippen LogP contribution is 2.40. The molecule has 0 bridgehead atoms. The van der Waals surface area contributed by atoms with E-state index in [4.69, 9.17) is 4.74 Å². The largest absolute Gasteiger partial charge is 0.381 e. The summed E-state index contributed by atoms with van der Waals surface area (Å²) >= 11 is 1.16. The van der Waals surface area contributed by atoms with Crippen LogP contribution < -0.4 is 10.6 Å². The Morgan fingerprint density at radius 2 is 2.23 bits per heavy atom. The number of nitrogens with one attached hydrogen (secondary N) is 3. The van der Waals surface area contributed by atoms with Crippen molar-refractivity contribution in [1.29, 1.82) is 5.26 Å². The molecule has 5 rings (SSSR count). The molecular formula is C20H22N8O2S. The van der Waals surface area contributed by atoms with Crippen LogP contribution in [0.3, 0.4) is 0 Å². The van der Waals surface area contributed by atoms with E-state index in [0.717, 1.165) is 54.2 Å². The van der Waals surface area contributed by atoms with Crippen molar-refractivity contribution < 1.29 is 9.53 Å². The summed E-state index contributed by atoms with van der Waals surface area (Å²) in [6, 6.07) is 4.32. The van der Waals surface area contributed by atoms with Crippen LogP contribution in [0.2, 0.25) is 0 Å². The Kier molecular flexibility index (Phi) is 5.17. The van der Waals surface area contributed by atoms with Gasteiger partial charge in [0.25, 0.3) is 0 Å². The maximum absolute atomic E-state index is 12.6. The SMILES string of the molecule is COCc1nsc(NC(=O)N2CC3CC(Nc4c(C#N)cnc5[nH]ccc45)C[C@@H]3C2)n1. The molecular weight excluding hydrogens is 416 g/mol. The van der Waals surface area contributed by atoms with Crippen LogP contribution in [-0.4, -0.2) is 56.5 Å². The molecule has 2 amide bonds. The number of hydrogen-bond acceptors (Lipinski definition) is 8. The molecule has 1 saturated heterocycles. The van der Waals surface area contributed by atoms with Gasteiger partial charge in [-0.3, -0.25) is 5.32 Å². The summed E-state index contributed by atoms with van der Waals surface area (Å²) in [5.41, 5.74) is 2.17. The number of fused-ring (bicyclic) bond motifs is 2. The molecule has 4 heterocycles. The Bertz CT molecular complexity index is 1140. The van der Waals surface area contributed by atoms with Crippen molar-refractivity contribution in [3.05, 3.63) is 29.8 Å². The maximum Gasteiger partial charge on any atom is 0.323 e. The molecule has 3 N–H and O–H groups in total. The molecule has 0 aromatic carbocycles. The molecule has 2 aliphatic rings. The smallest absolute Gasteiger partial charge is 0.323 e. The van der Waals surface area contributed by atoms with E-state index in [1.165, 1.54) is 0 Å². The van der Waals surface area contributed by atoms with Crippen LogP contribution in [0, 0.1) is 23.2 Å². The molecule has 11 heteroatoms. The van der Waals surface area contributed by atoms with Gasteiger partial charge in [0.1, 0.15) is 18.3 Å². The summed E-state index contributed by atoms with van der Waals surface area (Å²) in [6.07, 6.45) is 5.36. The number of aromatic amines is 1. The quantitative estimate of drug-likeness (QED) is 0.558. The predicted octanol–water partition coefficient (Wildman–Crippen LogP) is 2.79. The summed E-state index contributed by atoms with van der Waals surface area (Å²) in [7, 11) is 1.58. The van der Waals surface area contributed by atoms with Crippen LogP contribution in [0.15, 0.2) is 18.5 Å². The van der Waals surface area contributed by atoms with Gasteiger partial charge in [0.2, 0.25) is 5.13 Å². The van der Waals surface area contributed by atoms with Crippen molar-refractivity contribution in [2.24, 2.45) is 11.8 Å². The minimum atomic E-state index is -0.131. The highest BCUT2D eigenvalue weighted by molar-refractivity contribution is 7.09. The average molecular weight is 439 g/mol. The van der Waals surface area contributed by atoms with Gasteiger partial charge in [-0.05, 0) is 30.7 Å². The van der Waals surface area contributed by atoms with Gasteiger partial charge in [0.15, 0.2) is 5.82 Å². The maximum atomic E-state index is 12.6. The lowest BCUT2D eigenvalue weighted by Crippen LogP contribution is -2.34. The third kappa shape index (κ3) is 3.80. The van der Waals surface area contributed by atoms with Gasteiger partial charge in [-0.25, -0.2) is 14.8 Å². The normalized spacial score (nSPS) is 22.5. The lowest BCUT2D eigenvalue weighted by atomic mass is 10.0. The number of ether oxygens (including phenoxy) is 1. The summed E-state index contributed by atoms with van der Waals surface area (Å²) in [5, 5.41) is 17.4. The van der Waals surface area contributed by atoms with Gasteiger partial charge in [-0.2, -0.15) is 9.64 Å². The highest BCUT2D eigenvalue weighted by atomic mass is 32.1. The molecule has 1 aliphatic heterocycles. The molecule has 3 atom stereocenters. The number of carbonyl (C=O) groups is 1. The van der Waals surface area contributed by atoms with Gasteiger partial charge in [0.05, 0.1) is 11.3 Å². The molecule has 160 valence electrons. The van der Waals surface area contributed by atoms with E-state index in [1.54, 1.807) is 13.3 Å². The van der Waals surface area contributed by atoms with E-state index in [2.05, 4.69) is 36.0 Å². The third-order valence-corrected chi connectivity index (χ3v) is 6.72. The van der Waals surface area contributed by atoms with Gasteiger partial charge in [-0.15, -0.1) is 0 Å². The molecule has 1 aliphatic carbocycles. The fourth-order valence-electron chi connectivity index (χ4n) is 4.70. The standard InChI is InChI=1S/C20H22N8O2S/c1-30-10-16-25-19(31-27-16)26-20(29)28-8-11-4-14(5-12(11)9-28)24-17-13(6-21)7-23-18-15(17)2-3-22-18/h2-3,7,11-12,14H,4-5,8-10H2,1H3,(H2,22,23,24)(H,25,26,27,29)/t11-,12?,14?/m1/s1. The first-order valence-electron chi connectivity index (χ1n) is 10.1. The Morgan fingerprint density at radius 1 is 1.42 bits per heavy atom. The number of nitrogens with zero attached hydrogens (tertiary/aromatic N) is 5. The van der Waals surface area contributed by atoms with Crippen LogP contribution in [0.1, 0.15) is 24.2 Å². The van der Waals surface area contributed by atoms with E-state index in [9.17, 15) is 10.1 Å². The van der Waals surface area contributed by atoms with E-state index in [0.29, 0.717) is 35.0 Å². The van der Waals surface area contributed by atoms with Gasteiger partial charge in [-0.1, -0.05) is 0 Å². The van der Waals surface area contributed by atoms with Gasteiger partial charge >= 0.3 is 6.03 Å². The second-order valence-electron chi connectivity index (χ2n) is 8.02. The lowest BCUT2D eigenvalue weighted by molar-refractivity contribution is 0.179. The number of anilines is 2. The number of nitriles is 1. The first kappa shape index (κ1) is 19.7. The zero-order valence-corrected chi connectivity index (χ0v) is 17.8. The Labute approximate surface area is 182 Å². The lowest BCUT2D eigenvalue weighted by Gasteiger charge is -2.21. The molecule has 1 saturated carbocycles. The summed E-state index contributed by atoms with van der Waals surface area (Å²) in [6.45, 7) is 1.77. The molecule has 31 heavy (non-hydrogen) atoms. The Balaban J connectivity index is 1.20. The number of methoxy groups -OCH3 is 1. The van der Waals surface area contributed by atoms with Crippen molar-refractivity contribution in [1.82, 2.24) is 24.2 Å². The highest BCUT2D eigenvalue weighted by Gasteiger charge is 2.42. The molecule has 2 fully saturated rings. The summed E-state index contributed by atoms with van der Waals surface area (Å²) < 4.78 is 9.17. The molecule has 2 unspecified atom stereocenters. The number of amides is 2. The summed E-state index contributed by atoms with van der Waals surface area (Å²) in [5.74, 6) is 1.45. The third-order valence-electron chi connectivity index (χ3n) is 6.05. The minimum Gasteiger partial charge on any atom is -0.381 e. The monoisotopic (exact) mass is 438 g/mol. The molecule has 10 nitrogen and oxygen atoms in total. The predicted molar refractivity (Wildman–Crippen MR) is 116 cm³/mol. The second-order valence-corrected chi connectivity index (χ2v) is 8.77. The number of likely N-dealkylation sites (tertiary alicyclic amines) is 1. The minimum absolute atomic E-state index is 0.131. The number of carbonyl (C=O) groups excluding carboxylic acids is 1. The number of rotatable bonds is 5. The number of H-pyrrole nitrogens is 1. The van der Waals surface area contributed by atoms with Crippen LogP contribution in [0.25, 0.3) is 11.0 Å². The van der Waals surface area contributed by atoms with E-state index < -0.39 is 0 Å². The first-order valence-corrected chi connectivity index (χ1v) is 10.9. The van der Waals surface area contributed by atoms with Crippen LogP contribution in [0.4, 0.5) is 15.6 Å². The molecule has 3 aromatic heterocycles. The van der Waals surface area contributed by atoms with Crippen molar-refractivity contribution in [3.63, 3.8) is 0 Å². The van der Waals surface area contributed by atoms with Crippen LogP contribution in [-0.2, 0) is 11.3 Å². The second kappa shape index (κ2) is 8.13. The van der Waals surface area contributed by atoms with Crippen LogP contribution >= 0.6 is 11.5 Å². The van der Waals surface area contributed by atoms with Crippen LogP contribution in [0.5, 0.6) is 0 Å². The average Bonchev–Trinajstić information content (AvgIpc) is 3.52. The fraction of sp³-hybridized carbons (Fsp3) is 0.450. The van der Waals surface area contributed by atoms with Crippen molar-refractivity contribution in [3.8, 4) is 6.07 Å². The number of aromatic nitrogens is 4. The Morgan fingerprint density at radius 3 is 2.97 bits per heavy atom. The fourth-order valence-corrected chi connectivity index (χ4v) is 5.26. The van der Waals surface area contributed by atoms with Gasteiger partial charge in [0, 0.05) is 55.6 Å². The topological polar surface area (TPSA) is 132 Å². The van der Waals surface area contributed by atoms with Crippen molar-refractivity contribution in [2.75, 3.05) is 30.8 Å². The van der Waals surface area contributed by atoms with E-state index in [-0.39, 0.29) is 12.1 Å². The number of urea groups is 1. The molecule has 0 spiro atoms. The van der Waals surface area contributed by atoms with E-state index in [1.807, 2.05) is 17.2 Å².